The van der Waals surface area contributed by atoms with Crippen LogP contribution in [0.4, 0.5) is 4.39 Å². The first kappa shape index (κ1) is 16.7. The second kappa shape index (κ2) is 6.75. The van der Waals surface area contributed by atoms with Gasteiger partial charge in [0.15, 0.2) is 0 Å². The molecule has 1 amide bonds. The Morgan fingerprint density at radius 1 is 1.12 bits per heavy atom. The SMILES string of the molecule is O=C(NNS(=O)(=O)c1cccc(F)c1)c1ccc(-n2cnnn2)cc1. The number of halogens is 1. The predicted molar refractivity (Wildman–Crippen MR) is 83.3 cm³/mol. The lowest BCUT2D eigenvalue weighted by molar-refractivity contribution is 0.0945. The number of hydrogen-bond acceptors (Lipinski definition) is 6. The van der Waals surface area contributed by atoms with Crippen LogP contribution in [-0.2, 0) is 10.0 Å². The van der Waals surface area contributed by atoms with E-state index in [9.17, 15) is 17.6 Å². The summed E-state index contributed by atoms with van der Waals surface area (Å²) in [7, 11) is -4.08. The zero-order valence-electron chi connectivity index (χ0n) is 12.5. The molecule has 0 bridgehead atoms. The maximum atomic E-state index is 13.1. The van der Waals surface area contributed by atoms with Gasteiger partial charge in [-0.3, -0.25) is 10.2 Å². The summed E-state index contributed by atoms with van der Waals surface area (Å²) < 4.78 is 38.5. The van der Waals surface area contributed by atoms with Crippen LogP contribution in [0.25, 0.3) is 5.69 Å². The molecular weight excluding hydrogens is 351 g/mol. The number of amides is 1. The van der Waals surface area contributed by atoms with E-state index in [1.54, 1.807) is 12.1 Å². The van der Waals surface area contributed by atoms with Crippen LogP contribution in [0.2, 0.25) is 0 Å². The average Bonchev–Trinajstić information content (AvgIpc) is 3.14. The number of nitrogens with zero attached hydrogens (tertiary/aromatic N) is 4. The highest BCUT2D eigenvalue weighted by Crippen LogP contribution is 2.10. The summed E-state index contributed by atoms with van der Waals surface area (Å²) in [6.07, 6.45) is 1.39. The van der Waals surface area contributed by atoms with E-state index in [2.05, 4.69) is 21.0 Å². The Balaban J connectivity index is 1.68. The summed E-state index contributed by atoms with van der Waals surface area (Å²) in [5.41, 5.74) is 2.90. The Morgan fingerprint density at radius 3 is 2.52 bits per heavy atom. The van der Waals surface area contributed by atoms with Gasteiger partial charge in [-0.05, 0) is 52.9 Å². The summed E-state index contributed by atoms with van der Waals surface area (Å²) in [5, 5.41) is 10.7. The molecule has 2 N–H and O–H groups in total. The Labute approximate surface area is 141 Å². The minimum absolute atomic E-state index is 0.207. The number of sulfonamides is 1. The smallest absolute Gasteiger partial charge is 0.266 e. The lowest BCUT2D eigenvalue weighted by atomic mass is 10.2. The van der Waals surface area contributed by atoms with Gasteiger partial charge in [0.05, 0.1) is 10.6 Å². The molecule has 0 unspecified atom stereocenters. The summed E-state index contributed by atoms with van der Waals surface area (Å²) >= 11 is 0. The topological polar surface area (TPSA) is 119 Å². The van der Waals surface area contributed by atoms with E-state index in [4.69, 9.17) is 0 Å². The van der Waals surface area contributed by atoms with Gasteiger partial charge in [0.1, 0.15) is 12.1 Å². The van der Waals surface area contributed by atoms with Gasteiger partial charge in [0, 0.05) is 5.56 Å². The van der Waals surface area contributed by atoms with Crippen molar-refractivity contribution in [2.45, 2.75) is 4.90 Å². The Morgan fingerprint density at radius 2 is 1.88 bits per heavy atom. The number of hydrazine groups is 1. The molecule has 0 saturated carbocycles. The number of aromatic nitrogens is 4. The predicted octanol–water partition coefficient (Wildman–Crippen LogP) is 0.425. The molecule has 0 radical (unpaired) electrons. The second-order valence-electron chi connectivity index (χ2n) is 4.82. The largest absolute Gasteiger partial charge is 0.273 e. The molecule has 3 aromatic rings. The first-order chi connectivity index (χ1) is 12.0. The molecule has 0 spiro atoms. The summed E-state index contributed by atoms with van der Waals surface area (Å²) in [6, 6.07) is 10.5. The fraction of sp³-hybridized carbons (Fsp3) is 0. The molecule has 0 fully saturated rings. The van der Waals surface area contributed by atoms with E-state index in [1.165, 1.54) is 35.3 Å². The number of carbonyl (C=O) groups is 1. The molecule has 25 heavy (non-hydrogen) atoms. The van der Waals surface area contributed by atoms with Crippen molar-refractivity contribution in [3.05, 3.63) is 66.2 Å². The number of rotatable bonds is 5. The first-order valence-electron chi connectivity index (χ1n) is 6.87. The highest BCUT2D eigenvalue weighted by Gasteiger charge is 2.16. The fourth-order valence-electron chi connectivity index (χ4n) is 1.92. The van der Waals surface area contributed by atoms with Crippen LogP contribution in [0.15, 0.2) is 59.8 Å². The van der Waals surface area contributed by atoms with Crippen molar-refractivity contribution in [1.82, 2.24) is 30.5 Å². The Bertz CT molecular complexity index is 990. The summed E-state index contributed by atoms with van der Waals surface area (Å²) in [5.74, 6) is -1.38. The number of tetrazole rings is 1. The van der Waals surface area contributed by atoms with Crippen LogP contribution < -0.4 is 10.3 Å². The van der Waals surface area contributed by atoms with Gasteiger partial charge in [-0.1, -0.05) is 6.07 Å². The third kappa shape index (κ3) is 3.84. The second-order valence-corrected chi connectivity index (χ2v) is 6.50. The lowest BCUT2D eigenvalue weighted by Crippen LogP contribution is -2.41. The molecule has 128 valence electrons. The molecule has 1 aromatic heterocycles. The maximum Gasteiger partial charge on any atom is 0.266 e. The van der Waals surface area contributed by atoms with Crippen molar-refractivity contribution in [1.29, 1.82) is 0 Å². The number of hydrogen-bond donors (Lipinski definition) is 2. The van der Waals surface area contributed by atoms with Gasteiger partial charge in [0.25, 0.3) is 15.9 Å². The zero-order chi connectivity index (χ0) is 17.9. The normalized spacial score (nSPS) is 11.2. The highest BCUT2D eigenvalue weighted by molar-refractivity contribution is 7.89. The van der Waals surface area contributed by atoms with Crippen LogP contribution in [-0.4, -0.2) is 34.5 Å². The maximum absolute atomic E-state index is 13.1. The van der Waals surface area contributed by atoms with Gasteiger partial charge in [-0.25, -0.2) is 17.5 Å². The number of nitrogens with one attached hydrogen (secondary N) is 2. The quantitative estimate of drug-likeness (QED) is 0.635. The van der Waals surface area contributed by atoms with Gasteiger partial charge >= 0.3 is 0 Å². The third-order valence-corrected chi connectivity index (χ3v) is 4.39. The summed E-state index contributed by atoms with van der Waals surface area (Å²) in [6.45, 7) is 0. The minimum atomic E-state index is -4.08. The van der Waals surface area contributed by atoms with Crippen molar-refractivity contribution in [3.63, 3.8) is 0 Å². The third-order valence-electron chi connectivity index (χ3n) is 3.15. The van der Waals surface area contributed by atoms with E-state index >= 15 is 0 Å². The van der Waals surface area contributed by atoms with E-state index in [-0.39, 0.29) is 10.5 Å². The number of carbonyl (C=O) groups excluding carboxylic acids is 1. The Kier molecular flexibility index (Phi) is 4.50. The first-order valence-corrected chi connectivity index (χ1v) is 8.35. The average molecular weight is 362 g/mol. The highest BCUT2D eigenvalue weighted by atomic mass is 32.2. The summed E-state index contributed by atoms with van der Waals surface area (Å²) in [4.78, 5) is 13.6. The molecule has 1 heterocycles. The van der Waals surface area contributed by atoms with Gasteiger partial charge in [0.2, 0.25) is 0 Å². The van der Waals surface area contributed by atoms with Crippen molar-refractivity contribution in [3.8, 4) is 5.69 Å². The van der Waals surface area contributed by atoms with Crippen LogP contribution >= 0.6 is 0 Å². The molecule has 0 saturated heterocycles. The molecule has 0 aliphatic heterocycles. The van der Waals surface area contributed by atoms with Crippen LogP contribution in [0.3, 0.4) is 0 Å². The molecule has 0 aliphatic carbocycles. The van der Waals surface area contributed by atoms with Gasteiger partial charge < -0.3 is 0 Å². The molecule has 3 rings (SSSR count). The minimum Gasteiger partial charge on any atom is -0.273 e. The van der Waals surface area contributed by atoms with Crippen LogP contribution in [0.5, 0.6) is 0 Å². The van der Waals surface area contributed by atoms with E-state index < -0.39 is 21.7 Å². The molecule has 9 nitrogen and oxygen atoms in total. The molecule has 0 atom stereocenters. The van der Waals surface area contributed by atoms with Crippen molar-refractivity contribution < 1.29 is 17.6 Å². The van der Waals surface area contributed by atoms with Crippen LogP contribution in [0, 0.1) is 5.82 Å². The van der Waals surface area contributed by atoms with Crippen LogP contribution in [0.1, 0.15) is 10.4 Å². The zero-order valence-corrected chi connectivity index (χ0v) is 13.3. The fourth-order valence-corrected chi connectivity index (χ4v) is 2.79. The lowest BCUT2D eigenvalue weighted by Gasteiger charge is -2.09. The van der Waals surface area contributed by atoms with Crippen molar-refractivity contribution in [2.75, 3.05) is 0 Å². The van der Waals surface area contributed by atoms with E-state index in [0.717, 1.165) is 12.1 Å². The van der Waals surface area contributed by atoms with Crippen molar-refractivity contribution >= 4 is 15.9 Å². The molecule has 0 aliphatic rings. The Hall–Kier alpha value is -3.18. The molecule has 2 aromatic carbocycles. The van der Waals surface area contributed by atoms with E-state index in [0.29, 0.717) is 5.69 Å². The molecule has 11 heteroatoms. The van der Waals surface area contributed by atoms with Gasteiger partial charge in [-0.15, -0.1) is 9.93 Å². The van der Waals surface area contributed by atoms with Gasteiger partial charge in [-0.2, -0.15) is 0 Å². The molecular formula is C14H11FN6O3S. The number of benzene rings is 2. The monoisotopic (exact) mass is 362 g/mol. The van der Waals surface area contributed by atoms with E-state index in [1.807, 2.05) is 4.83 Å². The standard InChI is InChI=1S/C14H11FN6O3S/c15-11-2-1-3-13(8-11)25(23,24)20-17-14(22)10-4-6-12(7-5-10)21-9-16-18-19-21/h1-9,20H,(H,17,22). The van der Waals surface area contributed by atoms with Crippen molar-refractivity contribution in [2.24, 2.45) is 0 Å².